The van der Waals surface area contributed by atoms with Crippen LogP contribution in [-0.2, 0) is 14.3 Å². The number of anilines is 2. The number of carbonyl (C=O) groups excluding carboxylic acids is 3. The molecule has 0 aliphatic rings. The third kappa shape index (κ3) is 6.53. The van der Waals surface area contributed by atoms with Gasteiger partial charge in [-0.15, -0.1) is 0 Å². The Bertz CT molecular complexity index is 933. The standard InChI is InChI=1S/C22H27N3O7/c1-25(2)16-8-6-15(7-9-16)24-19(26)13-32-20(27)12-23-22(28)14-10-17(29-3)21(31-5)18(11-14)30-4/h6-11H,12-13H2,1-5H3,(H,23,28)(H,24,26). The van der Waals surface area contributed by atoms with Crippen LogP contribution >= 0.6 is 0 Å². The molecule has 2 aromatic carbocycles. The number of carbonyl (C=O) groups is 3. The van der Waals surface area contributed by atoms with Gasteiger partial charge >= 0.3 is 5.97 Å². The highest BCUT2D eigenvalue weighted by Gasteiger charge is 2.18. The zero-order valence-electron chi connectivity index (χ0n) is 18.7. The molecule has 0 spiro atoms. The average Bonchev–Trinajstić information content (AvgIpc) is 2.80. The summed E-state index contributed by atoms with van der Waals surface area (Å²) >= 11 is 0. The van der Waals surface area contributed by atoms with Crippen LogP contribution in [0.15, 0.2) is 36.4 Å². The summed E-state index contributed by atoms with van der Waals surface area (Å²) in [6.45, 7) is -0.894. The first-order valence-electron chi connectivity index (χ1n) is 9.60. The summed E-state index contributed by atoms with van der Waals surface area (Å²) in [6.07, 6.45) is 0. The number of esters is 1. The number of rotatable bonds is 10. The molecule has 0 unspecified atom stereocenters. The Morgan fingerprint density at radius 3 is 2.00 bits per heavy atom. The Balaban J connectivity index is 1.85. The van der Waals surface area contributed by atoms with Gasteiger partial charge in [-0.3, -0.25) is 14.4 Å². The predicted molar refractivity (Wildman–Crippen MR) is 119 cm³/mol. The Hall–Kier alpha value is -3.95. The van der Waals surface area contributed by atoms with E-state index in [2.05, 4.69) is 10.6 Å². The van der Waals surface area contributed by atoms with Crippen molar-refractivity contribution in [3.8, 4) is 17.2 Å². The number of ether oxygens (including phenoxy) is 4. The first kappa shape index (κ1) is 24.3. The normalized spacial score (nSPS) is 10.0. The molecule has 10 nitrogen and oxygen atoms in total. The van der Waals surface area contributed by atoms with Crippen LogP contribution in [0.5, 0.6) is 17.2 Å². The summed E-state index contributed by atoms with van der Waals surface area (Å²) in [4.78, 5) is 38.2. The van der Waals surface area contributed by atoms with Crippen molar-refractivity contribution < 1.29 is 33.3 Å². The van der Waals surface area contributed by atoms with Crippen molar-refractivity contribution in [3.63, 3.8) is 0 Å². The molecular weight excluding hydrogens is 418 g/mol. The summed E-state index contributed by atoms with van der Waals surface area (Å²) in [7, 11) is 8.13. The summed E-state index contributed by atoms with van der Waals surface area (Å²) in [5.74, 6) is -0.861. The van der Waals surface area contributed by atoms with Gasteiger partial charge < -0.3 is 34.5 Å². The minimum Gasteiger partial charge on any atom is -0.493 e. The summed E-state index contributed by atoms with van der Waals surface area (Å²) < 4.78 is 20.5. The van der Waals surface area contributed by atoms with E-state index in [1.54, 1.807) is 12.1 Å². The monoisotopic (exact) mass is 445 g/mol. The van der Waals surface area contributed by atoms with Gasteiger partial charge in [-0.25, -0.2) is 0 Å². The molecule has 2 aromatic rings. The number of hydrogen-bond donors (Lipinski definition) is 2. The number of nitrogens with one attached hydrogen (secondary N) is 2. The molecule has 2 N–H and O–H groups in total. The van der Waals surface area contributed by atoms with Crippen LogP contribution in [0.2, 0.25) is 0 Å². The molecule has 0 radical (unpaired) electrons. The second-order valence-corrected chi connectivity index (χ2v) is 6.75. The molecule has 32 heavy (non-hydrogen) atoms. The van der Waals surface area contributed by atoms with Crippen LogP contribution < -0.4 is 29.7 Å². The van der Waals surface area contributed by atoms with Crippen LogP contribution in [0, 0.1) is 0 Å². The SMILES string of the molecule is COc1cc(C(=O)NCC(=O)OCC(=O)Nc2ccc(N(C)C)cc2)cc(OC)c1OC. The summed E-state index contributed by atoms with van der Waals surface area (Å²) in [5, 5.41) is 5.06. The van der Waals surface area contributed by atoms with E-state index in [0.717, 1.165) is 5.69 Å². The minimum atomic E-state index is -0.760. The lowest BCUT2D eigenvalue weighted by Gasteiger charge is -2.14. The third-order valence-corrected chi connectivity index (χ3v) is 4.35. The number of amides is 2. The van der Waals surface area contributed by atoms with Crippen molar-refractivity contribution in [2.45, 2.75) is 0 Å². The van der Waals surface area contributed by atoms with Crippen molar-refractivity contribution in [2.75, 3.05) is 58.8 Å². The molecule has 0 heterocycles. The Morgan fingerprint density at radius 1 is 0.906 bits per heavy atom. The topological polar surface area (TPSA) is 115 Å². The molecule has 0 fully saturated rings. The van der Waals surface area contributed by atoms with Crippen LogP contribution in [0.4, 0.5) is 11.4 Å². The Kier molecular flexibility index (Phi) is 8.70. The smallest absolute Gasteiger partial charge is 0.325 e. The zero-order valence-corrected chi connectivity index (χ0v) is 18.7. The van der Waals surface area contributed by atoms with Gasteiger partial charge in [0.25, 0.3) is 11.8 Å². The molecule has 0 aliphatic carbocycles. The minimum absolute atomic E-state index is 0.200. The maximum absolute atomic E-state index is 12.4. The van der Waals surface area contributed by atoms with Crippen molar-refractivity contribution in [1.29, 1.82) is 0 Å². The highest BCUT2D eigenvalue weighted by molar-refractivity contribution is 5.97. The molecule has 2 amide bonds. The molecule has 0 aromatic heterocycles. The fourth-order valence-electron chi connectivity index (χ4n) is 2.70. The number of hydrogen-bond acceptors (Lipinski definition) is 8. The molecule has 2 rings (SSSR count). The van der Waals surface area contributed by atoms with E-state index in [0.29, 0.717) is 22.9 Å². The van der Waals surface area contributed by atoms with Crippen LogP contribution in [0.1, 0.15) is 10.4 Å². The first-order chi connectivity index (χ1) is 15.3. The van der Waals surface area contributed by atoms with Crippen molar-refractivity contribution in [1.82, 2.24) is 5.32 Å². The lowest BCUT2D eigenvalue weighted by atomic mass is 10.1. The summed E-state index contributed by atoms with van der Waals surface area (Å²) in [6, 6.07) is 10.1. The lowest BCUT2D eigenvalue weighted by molar-refractivity contribution is -0.146. The molecule has 10 heteroatoms. The van der Waals surface area contributed by atoms with Crippen LogP contribution in [0.25, 0.3) is 0 Å². The van der Waals surface area contributed by atoms with E-state index in [9.17, 15) is 14.4 Å². The zero-order chi connectivity index (χ0) is 23.7. The second-order valence-electron chi connectivity index (χ2n) is 6.75. The van der Waals surface area contributed by atoms with E-state index >= 15 is 0 Å². The fourth-order valence-corrected chi connectivity index (χ4v) is 2.70. The molecular formula is C22H27N3O7. The molecule has 0 bridgehead atoms. The fraction of sp³-hybridized carbons (Fsp3) is 0.318. The molecule has 0 aliphatic heterocycles. The predicted octanol–water partition coefficient (Wildman–Crippen LogP) is 1.69. The van der Waals surface area contributed by atoms with Gasteiger partial charge in [0.2, 0.25) is 5.75 Å². The van der Waals surface area contributed by atoms with Gasteiger partial charge in [-0.2, -0.15) is 0 Å². The Morgan fingerprint density at radius 2 is 1.50 bits per heavy atom. The maximum Gasteiger partial charge on any atom is 0.325 e. The largest absolute Gasteiger partial charge is 0.493 e. The third-order valence-electron chi connectivity index (χ3n) is 4.35. The molecule has 172 valence electrons. The highest BCUT2D eigenvalue weighted by Crippen LogP contribution is 2.38. The highest BCUT2D eigenvalue weighted by atomic mass is 16.5. The van der Waals surface area contributed by atoms with Gasteiger partial charge in [0, 0.05) is 31.0 Å². The van der Waals surface area contributed by atoms with Crippen molar-refractivity contribution >= 4 is 29.2 Å². The second kappa shape index (κ2) is 11.4. The molecule has 0 atom stereocenters. The lowest BCUT2D eigenvalue weighted by Crippen LogP contribution is -2.32. The van der Waals surface area contributed by atoms with Gasteiger partial charge in [0.15, 0.2) is 18.1 Å². The molecule has 0 saturated heterocycles. The van der Waals surface area contributed by atoms with Gasteiger partial charge in [-0.1, -0.05) is 0 Å². The summed E-state index contributed by atoms with van der Waals surface area (Å²) in [5.41, 5.74) is 1.76. The average molecular weight is 445 g/mol. The van der Waals surface area contributed by atoms with Crippen molar-refractivity contribution in [3.05, 3.63) is 42.0 Å². The van der Waals surface area contributed by atoms with Gasteiger partial charge in [0.05, 0.1) is 21.3 Å². The number of methoxy groups -OCH3 is 3. The van der Waals surface area contributed by atoms with Crippen LogP contribution in [-0.4, -0.2) is 66.4 Å². The van der Waals surface area contributed by atoms with E-state index in [-0.39, 0.29) is 5.56 Å². The van der Waals surface area contributed by atoms with Crippen molar-refractivity contribution in [2.24, 2.45) is 0 Å². The number of nitrogens with zero attached hydrogens (tertiary/aromatic N) is 1. The van der Waals surface area contributed by atoms with Crippen LogP contribution in [0.3, 0.4) is 0 Å². The molecule has 0 saturated carbocycles. The van der Waals surface area contributed by atoms with E-state index < -0.39 is 30.9 Å². The number of benzene rings is 2. The maximum atomic E-state index is 12.4. The van der Waals surface area contributed by atoms with Gasteiger partial charge in [0.1, 0.15) is 6.54 Å². The Labute approximate surface area is 186 Å². The van der Waals surface area contributed by atoms with E-state index in [1.165, 1.54) is 33.5 Å². The van der Waals surface area contributed by atoms with E-state index in [1.807, 2.05) is 31.1 Å². The first-order valence-corrected chi connectivity index (χ1v) is 9.60. The van der Waals surface area contributed by atoms with Gasteiger partial charge in [-0.05, 0) is 36.4 Å². The quantitative estimate of drug-likeness (QED) is 0.531. The van der Waals surface area contributed by atoms with E-state index in [4.69, 9.17) is 18.9 Å².